The van der Waals surface area contributed by atoms with Crippen LogP contribution in [-0.2, 0) is 4.79 Å². The van der Waals surface area contributed by atoms with Gasteiger partial charge in [-0.15, -0.1) is 0 Å². The number of carbonyl (C=O) groups is 1. The number of thioether (sulfide) groups is 2. The third-order valence-corrected chi connectivity index (χ3v) is 5.65. The standard InChI is InChI=1S/C14H15BrO2S2/c1-10-6-18-8-11(9-19-7-10)14(16)17-13-4-2-12(15)3-5-13/h2-5,11H,1,6-9H2. The quantitative estimate of drug-likeness (QED) is 0.453. The molecule has 1 aliphatic rings. The van der Waals surface area contributed by atoms with Crippen LogP contribution in [0.15, 0.2) is 40.9 Å². The van der Waals surface area contributed by atoms with Gasteiger partial charge in [-0.3, -0.25) is 4.79 Å². The Morgan fingerprint density at radius 1 is 1.21 bits per heavy atom. The Kier molecular flexibility index (Phi) is 5.85. The Morgan fingerprint density at radius 2 is 1.79 bits per heavy atom. The second-order valence-electron chi connectivity index (χ2n) is 4.35. The molecule has 1 saturated heterocycles. The predicted molar refractivity (Wildman–Crippen MR) is 87.1 cm³/mol. The third kappa shape index (κ3) is 4.89. The Morgan fingerprint density at radius 3 is 2.37 bits per heavy atom. The molecule has 0 aromatic heterocycles. The number of esters is 1. The topological polar surface area (TPSA) is 26.3 Å². The zero-order valence-electron chi connectivity index (χ0n) is 10.4. The van der Waals surface area contributed by atoms with Crippen molar-refractivity contribution in [2.75, 3.05) is 23.0 Å². The summed E-state index contributed by atoms with van der Waals surface area (Å²) in [6.45, 7) is 4.00. The second-order valence-corrected chi connectivity index (χ2v) is 7.33. The van der Waals surface area contributed by atoms with Crippen LogP contribution in [0.2, 0.25) is 0 Å². The molecule has 1 aliphatic heterocycles. The van der Waals surface area contributed by atoms with Crippen LogP contribution in [-0.4, -0.2) is 29.0 Å². The van der Waals surface area contributed by atoms with Crippen LogP contribution in [0.1, 0.15) is 0 Å². The molecule has 0 spiro atoms. The second kappa shape index (κ2) is 7.41. The molecule has 0 N–H and O–H groups in total. The lowest BCUT2D eigenvalue weighted by molar-refractivity contribution is -0.137. The fourth-order valence-electron chi connectivity index (χ4n) is 1.62. The molecule has 19 heavy (non-hydrogen) atoms. The zero-order chi connectivity index (χ0) is 13.7. The van der Waals surface area contributed by atoms with Crippen LogP contribution in [0.25, 0.3) is 0 Å². The van der Waals surface area contributed by atoms with Gasteiger partial charge in [-0.05, 0) is 24.3 Å². The van der Waals surface area contributed by atoms with Crippen LogP contribution in [0.4, 0.5) is 0 Å². The van der Waals surface area contributed by atoms with Gasteiger partial charge < -0.3 is 4.74 Å². The van der Waals surface area contributed by atoms with Gasteiger partial charge in [0.25, 0.3) is 0 Å². The van der Waals surface area contributed by atoms with E-state index in [0.29, 0.717) is 5.75 Å². The van der Waals surface area contributed by atoms with Gasteiger partial charge in [0.1, 0.15) is 5.75 Å². The summed E-state index contributed by atoms with van der Waals surface area (Å²) in [4.78, 5) is 12.1. The summed E-state index contributed by atoms with van der Waals surface area (Å²) in [5.41, 5.74) is 1.25. The van der Waals surface area contributed by atoms with Crippen LogP contribution < -0.4 is 4.74 Å². The molecular weight excluding hydrogens is 344 g/mol. The van der Waals surface area contributed by atoms with Gasteiger partial charge in [-0.25, -0.2) is 0 Å². The smallest absolute Gasteiger partial charge is 0.316 e. The van der Waals surface area contributed by atoms with Crippen LogP contribution >= 0.6 is 39.5 Å². The lowest BCUT2D eigenvalue weighted by atomic mass is 10.2. The number of rotatable bonds is 2. The normalized spacial score (nSPS) is 17.6. The summed E-state index contributed by atoms with van der Waals surface area (Å²) < 4.78 is 6.40. The Balaban J connectivity index is 1.91. The van der Waals surface area contributed by atoms with E-state index in [4.69, 9.17) is 4.74 Å². The summed E-state index contributed by atoms with van der Waals surface area (Å²) in [6.07, 6.45) is 0. The van der Waals surface area contributed by atoms with Crippen molar-refractivity contribution in [1.29, 1.82) is 0 Å². The minimum atomic E-state index is -0.130. The van der Waals surface area contributed by atoms with Crippen molar-refractivity contribution in [1.82, 2.24) is 0 Å². The first-order valence-electron chi connectivity index (χ1n) is 5.94. The molecule has 1 fully saturated rings. The Bertz CT molecular complexity index is 447. The first-order valence-corrected chi connectivity index (χ1v) is 9.05. The maximum Gasteiger partial charge on any atom is 0.316 e. The van der Waals surface area contributed by atoms with Crippen molar-refractivity contribution < 1.29 is 9.53 Å². The number of hydrogen-bond donors (Lipinski definition) is 0. The van der Waals surface area contributed by atoms with Crippen molar-refractivity contribution in [2.45, 2.75) is 0 Å². The van der Waals surface area contributed by atoms with Gasteiger partial charge in [-0.2, -0.15) is 23.5 Å². The molecule has 1 aromatic rings. The molecule has 0 saturated carbocycles. The van der Waals surface area contributed by atoms with E-state index in [0.717, 1.165) is 27.5 Å². The van der Waals surface area contributed by atoms with E-state index in [2.05, 4.69) is 22.5 Å². The predicted octanol–water partition coefficient (Wildman–Crippen LogP) is 4.01. The highest BCUT2D eigenvalue weighted by Gasteiger charge is 2.22. The van der Waals surface area contributed by atoms with E-state index in [1.54, 1.807) is 35.7 Å². The highest BCUT2D eigenvalue weighted by Crippen LogP contribution is 2.25. The molecule has 0 aliphatic carbocycles. The lowest BCUT2D eigenvalue weighted by Gasteiger charge is -2.18. The average molecular weight is 359 g/mol. The van der Waals surface area contributed by atoms with Gasteiger partial charge in [0.05, 0.1) is 5.92 Å². The fourth-order valence-corrected chi connectivity index (χ4v) is 4.26. The molecule has 0 atom stereocenters. The maximum atomic E-state index is 12.1. The van der Waals surface area contributed by atoms with Crippen LogP contribution in [0, 0.1) is 5.92 Å². The van der Waals surface area contributed by atoms with Gasteiger partial charge in [0.2, 0.25) is 0 Å². The average Bonchev–Trinajstić information content (AvgIpc) is 2.36. The molecule has 0 bridgehead atoms. The summed E-state index contributed by atoms with van der Waals surface area (Å²) in [6, 6.07) is 7.34. The van der Waals surface area contributed by atoms with Crippen LogP contribution in [0.3, 0.4) is 0 Å². The van der Waals surface area contributed by atoms with E-state index < -0.39 is 0 Å². The van der Waals surface area contributed by atoms with Gasteiger partial charge in [0, 0.05) is 27.5 Å². The van der Waals surface area contributed by atoms with Crippen LogP contribution in [0.5, 0.6) is 5.75 Å². The number of carbonyl (C=O) groups excluding carboxylic acids is 1. The summed E-state index contributed by atoms with van der Waals surface area (Å²) in [7, 11) is 0. The Hall–Kier alpha value is -0.390. The number of halogens is 1. The van der Waals surface area contributed by atoms with E-state index >= 15 is 0 Å². The lowest BCUT2D eigenvalue weighted by Crippen LogP contribution is -2.26. The molecule has 5 heteroatoms. The van der Waals surface area contributed by atoms with Gasteiger partial charge in [-0.1, -0.05) is 28.1 Å². The first kappa shape index (κ1) is 15.0. The number of hydrogen-bond acceptors (Lipinski definition) is 4. The molecule has 1 heterocycles. The maximum absolute atomic E-state index is 12.1. The minimum absolute atomic E-state index is 0.0354. The fraction of sp³-hybridized carbons (Fsp3) is 0.357. The SMILES string of the molecule is C=C1CSCC(C(=O)Oc2ccc(Br)cc2)CSC1. The number of ether oxygens (including phenoxy) is 1. The Labute approximate surface area is 130 Å². The summed E-state index contributed by atoms with van der Waals surface area (Å²) >= 11 is 6.89. The van der Waals surface area contributed by atoms with E-state index in [9.17, 15) is 4.79 Å². The van der Waals surface area contributed by atoms with Crippen molar-refractivity contribution in [3.63, 3.8) is 0 Å². The highest BCUT2D eigenvalue weighted by molar-refractivity contribution is 9.10. The van der Waals surface area contributed by atoms with E-state index in [1.165, 1.54) is 5.57 Å². The van der Waals surface area contributed by atoms with Crippen molar-refractivity contribution in [3.05, 3.63) is 40.9 Å². The monoisotopic (exact) mass is 358 g/mol. The number of benzene rings is 1. The third-order valence-electron chi connectivity index (χ3n) is 2.62. The summed E-state index contributed by atoms with van der Waals surface area (Å²) in [5.74, 6) is 3.93. The molecular formula is C14H15BrO2S2. The molecule has 0 unspecified atom stereocenters. The largest absolute Gasteiger partial charge is 0.426 e. The van der Waals surface area contributed by atoms with E-state index in [-0.39, 0.29) is 11.9 Å². The molecule has 1 aromatic carbocycles. The highest BCUT2D eigenvalue weighted by atomic mass is 79.9. The zero-order valence-corrected chi connectivity index (χ0v) is 13.7. The van der Waals surface area contributed by atoms with Crippen molar-refractivity contribution >= 4 is 45.4 Å². The molecule has 102 valence electrons. The molecule has 0 radical (unpaired) electrons. The van der Waals surface area contributed by atoms with Gasteiger partial charge in [0.15, 0.2) is 0 Å². The molecule has 0 amide bonds. The first-order chi connectivity index (χ1) is 9.15. The van der Waals surface area contributed by atoms with Gasteiger partial charge >= 0.3 is 5.97 Å². The molecule has 2 nitrogen and oxygen atoms in total. The molecule has 2 rings (SSSR count). The summed E-state index contributed by atoms with van der Waals surface area (Å²) in [5, 5.41) is 0. The van der Waals surface area contributed by atoms with Crippen molar-refractivity contribution in [2.24, 2.45) is 5.92 Å². The van der Waals surface area contributed by atoms with E-state index in [1.807, 2.05) is 12.1 Å². The van der Waals surface area contributed by atoms with Crippen molar-refractivity contribution in [3.8, 4) is 5.75 Å². The minimum Gasteiger partial charge on any atom is -0.426 e.